The molecule has 15 rings (SSSR count). The van der Waals surface area contributed by atoms with Crippen molar-refractivity contribution >= 4 is 119 Å². The summed E-state index contributed by atoms with van der Waals surface area (Å²) in [6.07, 6.45) is 16.6. The van der Waals surface area contributed by atoms with Crippen LogP contribution in [-0.4, -0.2) is 157 Å². The highest BCUT2D eigenvalue weighted by Crippen LogP contribution is 2.55. The Balaban J connectivity index is 0.000000163. The highest BCUT2D eigenvalue weighted by Gasteiger charge is 2.40. The van der Waals surface area contributed by atoms with Gasteiger partial charge in [-0.15, -0.1) is 0 Å². The molecule has 0 spiro atoms. The van der Waals surface area contributed by atoms with Crippen LogP contribution in [0.25, 0.3) is 11.1 Å². The lowest BCUT2D eigenvalue weighted by Crippen LogP contribution is -2.41. The molecular weight excluding hydrogens is 2000 g/mol. The maximum Gasteiger partial charge on any atom is 0.414 e. The van der Waals surface area contributed by atoms with E-state index in [9.17, 15) is 35.1 Å². The molecule has 7 aliphatic rings. The molecule has 3 aliphatic heterocycles. The third kappa shape index (κ3) is 23.4. The number of amides is 2. The number of aliphatic hydroxyl groups excluding tert-OH is 6. The number of ether oxygens (including phenoxy) is 9. The minimum Gasteiger partial charge on any atom is -0.496 e. The first-order chi connectivity index (χ1) is 60.9. The summed E-state index contributed by atoms with van der Waals surface area (Å²) < 4.78 is 57.1. The summed E-state index contributed by atoms with van der Waals surface area (Å²) in [6.45, 7) is 23.2. The lowest BCUT2D eigenvalue weighted by molar-refractivity contribution is 0.0575. The molecule has 127 heavy (non-hydrogen) atoms. The van der Waals surface area contributed by atoms with Crippen molar-refractivity contribution in [2.75, 3.05) is 118 Å². The summed E-state index contributed by atoms with van der Waals surface area (Å²) in [7, 11) is 10.2. The SMILES string of the molecule is COc1c(C)c(C)c(Br)c2c1[C@H](CCO)CCC2.COc1cc(C)c(Br)c2c1[C@H](CCO)CCC2.COc1cc(C)c(Br)c2c1[C@H](CCO)CCC2.COc1cc(C)c(Br)c2c1[C@H](CCO)CCN2C(=O)OC(C)(C)C.COc1cc(C)c(Br)c2c1[C@H](CCO)CCN2C(=O)OCC1c2ccccc2-c2ccccc21.COc1cc(C)c(Br)c2c1[C@H](CCO)CCO2. The number of fused-ring (bicyclic) bond motifs is 9. The summed E-state index contributed by atoms with van der Waals surface area (Å²) in [5, 5.41) is 55.8. The molecule has 0 saturated heterocycles. The van der Waals surface area contributed by atoms with E-state index in [2.05, 4.69) is 160 Å². The van der Waals surface area contributed by atoms with E-state index in [1.807, 2.05) is 84.0 Å². The maximum atomic E-state index is 13.5. The number of aryl methyl sites for hydroxylation is 5. The van der Waals surface area contributed by atoms with Crippen LogP contribution in [0, 0.1) is 48.5 Å². The number of aliphatic hydroxyl groups is 6. The van der Waals surface area contributed by atoms with Gasteiger partial charge in [0.2, 0.25) is 0 Å². The molecule has 0 fully saturated rings. The number of hydrogen-bond acceptors (Lipinski definition) is 17. The van der Waals surface area contributed by atoms with Gasteiger partial charge in [0.1, 0.15) is 52.5 Å². The molecule has 0 saturated carbocycles. The minimum absolute atomic E-state index is 0.0123. The summed E-state index contributed by atoms with van der Waals surface area (Å²) in [6, 6.07) is 26.8. The fourth-order valence-electron chi connectivity index (χ4n) is 19.5. The smallest absolute Gasteiger partial charge is 0.414 e. The number of benzene rings is 8. The number of rotatable bonds is 20. The molecule has 8 aromatic carbocycles. The molecule has 2 amide bonds. The average Bonchev–Trinajstić information content (AvgIpc) is 1.52. The Kier molecular flexibility index (Phi) is 38.6. The van der Waals surface area contributed by atoms with Crippen molar-refractivity contribution in [2.24, 2.45) is 0 Å². The van der Waals surface area contributed by atoms with Crippen molar-refractivity contribution in [3.8, 4) is 51.4 Å². The average molecular weight is 2140 g/mol. The zero-order chi connectivity index (χ0) is 92.4. The van der Waals surface area contributed by atoms with Crippen molar-refractivity contribution in [3.63, 3.8) is 0 Å². The third-order valence-corrected chi connectivity index (χ3v) is 32.1. The van der Waals surface area contributed by atoms with Gasteiger partial charge in [0.25, 0.3) is 0 Å². The van der Waals surface area contributed by atoms with E-state index in [-0.39, 0.29) is 76.2 Å². The van der Waals surface area contributed by atoms with Gasteiger partial charge in [-0.3, -0.25) is 9.80 Å². The van der Waals surface area contributed by atoms with Crippen LogP contribution in [0.2, 0.25) is 0 Å². The first-order valence-electron chi connectivity index (χ1n) is 44.5. The van der Waals surface area contributed by atoms with Gasteiger partial charge in [-0.05, 0) is 376 Å². The van der Waals surface area contributed by atoms with Crippen LogP contribution in [0.5, 0.6) is 40.2 Å². The second kappa shape index (κ2) is 47.8. The van der Waals surface area contributed by atoms with E-state index >= 15 is 0 Å². The zero-order valence-electron chi connectivity index (χ0n) is 76.7. The summed E-state index contributed by atoms with van der Waals surface area (Å²) >= 11 is 22.0. The molecule has 6 N–H and O–H groups in total. The van der Waals surface area contributed by atoms with Crippen LogP contribution in [0.3, 0.4) is 0 Å². The van der Waals surface area contributed by atoms with Gasteiger partial charge in [-0.2, -0.15) is 0 Å². The van der Waals surface area contributed by atoms with Gasteiger partial charge < -0.3 is 73.3 Å². The number of carbonyl (C=O) groups is 2. The molecule has 8 aromatic rings. The van der Waals surface area contributed by atoms with Crippen molar-refractivity contribution in [3.05, 3.63) is 206 Å². The van der Waals surface area contributed by atoms with Crippen molar-refractivity contribution in [1.29, 1.82) is 0 Å². The molecule has 25 heteroatoms. The van der Waals surface area contributed by atoms with E-state index in [0.29, 0.717) is 56.2 Å². The zero-order valence-corrected chi connectivity index (χ0v) is 86.2. The number of nitrogens with zero attached hydrogens (tertiary/aromatic N) is 2. The molecule has 0 bridgehead atoms. The number of carbonyl (C=O) groups excluding carboxylic acids is 2. The van der Waals surface area contributed by atoms with E-state index in [1.165, 1.54) is 111 Å². The van der Waals surface area contributed by atoms with E-state index in [1.54, 1.807) is 52.5 Å². The third-order valence-electron chi connectivity index (χ3n) is 25.8. The predicted molar refractivity (Wildman–Crippen MR) is 528 cm³/mol. The lowest BCUT2D eigenvalue weighted by atomic mass is 9.79. The molecule has 19 nitrogen and oxygen atoms in total. The van der Waals surface area contributed by atoms with Crippen LogP contribution < -0.4 is 43.0 Å². The van der Waals surface area contributed by atoms with Crippen LogP contribution in [0.4, 0.5) is 21.0 Å². The van der Waals surface area contributed by atoms with Crippen molar-refractivity contribution < 1.29 is 82.9 Å². The van der Waals surface area contributed by atoms with Gasteiger partial charge in [0.15, 0.2) is 0 Å². The topological polar surface area (TPSA) is 245 Å². The molecule has 692 valence electrons. The Bertz CT molecular complexity index is 4870. The normalized spacial score (nSPS) is 17.9. The number of hydrogen-bond donors (Lipinski definition) is 6. The molecule has 4 aliphatic carbocycles. The van der Waals surface area contributed by atoms with Crippen LogP contribution in [0.15, 0.2) is 106 Å². The van der Waals surface area contributed by atoms with Crippen LogP contribution in [-0.2, 0) is 28.7 Å². The van der Waals surface area contributed by atoms with Crippen LogP contribution >= 0.6 is 95.6 Å². The largest absolute Gasteiger partial charge is 0.496 e. The van der Waals surface area contributed by atoms with Crippen molar-refractivity contribution in [2.45, 2.75) is 232 Å². The Morgan fingerprint density at radius 1 is 0.402 bits per heavy atom. The Hall–Kier alpha value is -6.46. The highest BCUT2D eigenvalue weighted by atomic mass is 79.9. The quantitative estimate of drug-likeness (QED) is 0.0415. The summed E-state index contributed by atoms with van der Waals surface area (Å²) in [5.41, 5.74) is 24.9. The summed E-state index contributed by atoms with van der Waals surface area (Å²) in [5.74, 6) is 8.14. The number of methoxy groups -OCH3 is 6. The van der Waals surface area contributed by atoms with Gasteiger partial charge in [0, 0.05) is 114 Å². The molecule has 6 atom stereocenters. The number of halogens is 6. The lowest BCUT2D eigenvalue weighted by Gasteiger charge is -2.37. The number of anilines is 2. The minimum atomic E-state index is -0.556. The molecule has 3 heterocycles. The van der Waals surface area contributed by atoms with Crippen LogP contribution in [0.1, 0.15) is 259 Å². The van der Waals surface area contributed by atoms with Gasteiger partial charge in [-0.1, -0.05) is 96.3 Å². The molecular formula is C102H130Br6N2O17. The second-order valence-electron chi connectivity index (χ2n) is 34.8. The van der Waals surface area contributed by atoms with Gasteiger partial charge >= 0.3 is 12.2 Å². The standard InChI is InChI=1S/C28H28BrNO4.C18H26BrNO4.C15H21BrO2.2C14H19BrO2.C13H17BrO3/c1-17-15-24(33-2)25-18(12-14-31)11-13-30(27(25)26(17)29)28(32)34-16-23-21-9-5-3-7-19(21)20-8-4-6-10-22(20)23;1-11-10-13(23-5)14-12(7-9-21)6-8-20(16(14)15(11)19)17(22)24-18(2,3)4;1-9-10(2)15(18-3)13-11(7-8-17)5-4-6-12(13)14(9)16;2*1-9-8-12(17-2)13-10(6-7-16)4-3-5-11(13)14(9)15;1-8-7-10(16-2)11-9(3-5-15)4-6-17-13(11)12(8)14/h3-10,15,18,23,31H,11-14,16H2,1-2H3;10,12,21H,6-9H2,1-5H3;11,17H,4-8H2,1-3H3;2*8,10,16H,3-7H2,1-2H3;7,9,15H,3-6H2,1-2H3/t18-;12-;11-;2*10-;9-/m000001/s1. The first-order valence-corrected chi connectivity index (χ1v) is 49.3. The highest BCUT2D eigenvalue weighted by molar-refractivity contribution is 9.11. The maximum absolute atomic E-state index is 13.5. The fraction of sp³-hybridized carbons (Fsp3) is 0.510. The van der Waals surface area contributed by atoms with E-state index in [0.717, 1.165) is 182 Å². The molecule has 0 aromatic heterocycles. The monoisotopic (exact) mass is 2130 g/mol. The Labute approximate surface area is 802 Å². The van der Waals surface area contributed by atoms with Gasteiger partial charge in [-0.25, -0.2) is 9.59 Å². The predicted octanol–water partition coefficient (Wildman–Crippen LogP) is 24.8. The second-order valence-corrected chi connectivity index (χ2v) is 39.6. The summed E-state index contributed by atoms with van der Waals surface area (Å²) in [4.78, 5) is 29.6. The Morgan fingerprint density at radius 3 is 1.13 bits per heavy atom. The molecule has 0 unspecified atom stereocenters. The van der Waals surface area contributed by atoms with E-state index < -0.39 is 5.60 Å². The molecule has 0 radical (unpaired) electrons. The van der Waals surface area contributed by atoms with Gasteiger partial charge in [0.05, 0.1) is 65.1 Å². The van der Waals surface area contributed by atoms with E-state index in [4.69, 9.17) is 47.7 Å². The van der Waals surface area contributed by atoms with Crippen molar-refractivity contribution in [1.82, 2.24) is 0 Å². The fourth-order valence-corrected chi connectivity index (χ4v) is 22.8. The Morgan fingerprint density at radius 2 is 0.740 bits per heavy atom. The first kappa shape index (κ1) is 103.